The van der Waals surface area contributed by atoms with Gasteiger partial charge >= 0.3 is 0 Å². The van der Waals surface area contributed by atoms with E-state index in [1.807, 2.05) is 0 Å². The fraction of sp³-hybridized carbons (Fsp3) is 0.944. The Balaban J connectivity index is 2.45. The van der Waals surface area contributed by atoms with Gasteiger partial charge in [0.1, 0.15) is 0 Å². The lowest BCUT2D eigenvalue weighted by Gasteiger charge is -2.52. The molecule has 0 amide bonds. The number of sulfone groups is 1. The van der Waals surface area contributed by atoms with E-state index in [2.05, 4.69) is 36.4 Å². The Morgan fingerprint density at radius 1 is 1.32 bits per heavy atom. The Bertz CT molecular complexity index is 550. The van der Waals surface area contributed by atoms with Gasteiger partial charge in [-0.05, 0) is 33.6 Å². The molecule has 0 aliphatic heterocycles. The number of nitrogens with one attached hydrogen (secondary N) is 2. The van der Waals surface area contributed by atoms with Gasteiger partial charge in [0.15, 0.2) is 15.8 Å². The number of ether oxygens (including phenoxy) is 1. The maximum Gasteiger partial charge on any atom is 0.191 e. The topological polar surface area (TPSA) is 79.8 Å². The van der Waals surface area contributed by atoms with Gasteiger partial charge in [-0.3, -0.25) is 4.99 Å². The molecule has 1 fully saturated rings. The molecule has 0 radical (unpaired) electrons. The van der Waals surface area contributed by atoms with E-state index in [1.54, 1.807) is 27.8 Å². The molecule has 0 saturated heterocycles. The highest BCUT2D eigenvalue weighted by molar-refractivity contribution is 7.92. The summed E-state index contributed by atoms with van der Waals surface area (Å²) in [5, 5.41) is 6.52. The summed E-state index contributed by atoms with van der Waals surface area (Å²) in [5.74, 6) is 0.739. The molecule has 0 aromatic heterocycles. The zero-order valence-corrected chi connectivity index (χ0v) is 17.8. The van der Waals surface area contributed by atoms with Crippen LogP contribution >= 0.6 is 0 Å². The Hall–Kier alpha value is -0.820. The first-order chi connectivity index (χ1) is 11.5. The van der Waals surface area contributed by atoms with Gasteiger partial charge in [0.2, 0.25) is 0 Å². The molecule has 2 unspecified atom stereocenters. The zero-order chi connectivity index (χ0) is 19.3. The minimum atomic E-state index is -3.13. The SMILES string of the molecule is CCCCOC1CC(NC(=NC)NCCS(=O)(=O)C(C)(C)C)C1(C)C. The number of nitrogens with zero attached hydrogens (tertiary/aromatic N) is 1. The maximum atomic E-state index is 12.2. The lowest BCUT2D eigenvalue weighted by atomic mass is 9.64. The van der Waals surface area contributed by atoms with Crippen LogP contribution < -0.4 is 10.6 Å². The fourth-order valence-electron chi connectivity index (χ4n) is 2.75. The lowest BCUT2D eigenvalue weighted by Crippen LogP contribution is -2.63. The first kappa shape index (κ1) is 22.2. The summed E-state index contributed by atoms with van der Waals surface area (Å²) >= 11 is 0. The third-order valence-electron chi connectivity index (χ3n) is 5.13. The van der Waals surface area contributed by atoms with Crippen molar-refractivity contribution >= 4 is 15.8 Å². The molecule has 1 rings (SSSR count). The molecule has 1 saturated carbocycles. The van der Waals surface area contributed by atoms with Crippen LogP contribution in [-0.4, -0.2) is 57.2 Å². The zero-order valence-electron chi connectivity index (χ0n) is 17.0. The summed E-state index contributed by atoms with van der Waals surface area (Å²) in [6, 6.07) is 0.268. The van der Waals surface area contributed by atoms with Crippen molar-refractivity contribution in [1.82, 2.24) is 10.6 Å². The van der Waals surface area contributed by atoms with Gasteiger partial charge in [-0.1, -0.05) is 27.2 Å². The van der Waals surface area contributed by atoms with E-state index in [0.717, 1.165) is 25.9 Å². The monoisotopic (exact) mass is 375 g/mol. The molecule has 148 valence electrons. The van der Waals surface area contributed by atoms with Crippen molar-refractivity contribution in [2.24, 2.45) is 10.4 Å². The van der Waals surface area contributed by atoms with Crippen LogP contribution in [0.1, 0.15) is 60.8 Å². The fourth-order valence-corrected chi connectivity index (χ4v) is 3.74. The van der Waals surface area contributed by atoms with Gasteiger partial charge in [0.25, 0.3) is 0 Å². The third kappa shape index (κ3) is 5.84. The molecule has 6 nitrogen and oxygen atoms in total. The average Bonchev–Trinajstić information content (AvgIpc) is 2.50. The van der Waals surface area contributed by atoms with Gasteiger partial charge in [-0.15, -0.1) is 0 Å². The van der Waals surface area contributed by atoms with Crippen molar-refractivity contribution in [2.45, 2.75) is 77.7 Å². The van der Waals surface area contributed by atoms with Crippen molar-refractivity contribution in [3.05, 3.63) is 0 Å². The van der Waals surface area contributed by atoms with E-state index in [0.29, 0.717) is 12.5 Å². The molecule has 2 N–H and O–H groups in total. The average molecular weight is 376 g/mol. The summed E-state index contributed by atoms with van der Waals surface area (Å²) in [6.45, 7) is 12.9. The van der Waals surface area contributed by atoms with Crippen molar-refractivity contribution < 1.29 is 13.2 Å². The van der Waals surface area contributed by atoms with Crippen LogP contribution in [0.4, 0.5) is 0 Å². The van der Waals surface area contributed by atoms with Gasteiger partial charge in [-0.2, -0.15) is 0 Å². The summed E-state index contributed by atoms with van der Waals surface area (Å²) in [4.78, 5) is 4.22. The van der Waals surface area contributed by atoms with Crippen LogP contribution in [0.3, 0.4) is 0 Å². The Labute approximate surface area is 154 Å². The number of hydrogen-bond donors (Lipinski definition) is 2. The van der Waals surface area contributed by atoms with Crippen molar-refractivity contribution in [2.75, 3.05) is 26.0 Å². The van der Waals surface area contributed by atoms with E-state index in [1.165, 1.54) is 0 Å². The number of guanidine groups is 1. The third-order valence-corrected chi connectivity index (χ3v) is 7.73. The molecular formula is C18H37N3O3S. The molecule has 2 atom stereocenters. The Morgan fingerprint density at radius 2 is 1.96 bits per heavy atom. The predicted octanol–water partition coefficient (Wildman–Crippen LogP) is 2.35. The van der Waals surface area contributed by atoms with Crippen LogP contribution in [0, 0.1) is 5.41 Å². The number of unbranched alkanes of at least 4 members (excludes halogenated alkanes) is 1. The number of aliphatic imine (C=N–C) groups is 1. The molecule has 7 heteroatoms. The Kier molecular flexibility index (Phi) is 7.74. The number of hydrogen-bond acceptors (Lipinski definition) is 4. The summed E-state index contributed by atoms with van der Waals surface area (Å²) in [6.07, 6.45) is 3.44. The van der Waals surface area contributed by atoms with Crippen LogP contribution in [0.5, 0.6) is 0 Å². The van der Waals surface area contributed by atoms with E-state index in [9.17, 15) is 8.42 Å². The van der Waals surface area contributed by atoms with Crippen LogP contribution in [0.15, 0.2) is 4.99 Å². The van der Waals surface area contributed by atoms with E-state index in [4.69, 9.17) is 4.74 Å². The van der Waals surface area contributed by atoms with Crippen molar-refractivity contribution in [1.29, 1.82) is 0 Å². The first-order valence-corrected chi connectivity index (χ1v) is 10.9. The number of rotatable bonds is 8. The molecule has 0 heterocycles. The standard InChI is InChI=1S/C18H37N3O3S/c1-8-9-11-24-15-13-14(18(15,5)6)21-16(19-7)20-10-12-25(22,23)17(2,3)4/h14-15H,8-13H2,1-7H3,(H2,19,20,21). The molecule has 0 aromatic carbocycles. The maximum absolute atomic E-state index is 12.2. The van der Waals surface area contributed by atoms with E-state index < -0.39 is 14.6 Å². The minimum absolute atomic E-state index is 0.0306. The van der Waals surface area contributed by atoms with E-state index >= 15 is 0 Å². The van der Waals surface area contributed by atoms with Crippen molar-refractivity contribution in [3.8, 4) is 0 Å². The van der Waals surface area contributed by atoms with Crippen LogP contribution in [-0.2, 0) is 14.6 Å². The highest BCUT2D eigenvalue weighted by Crippen LogP contribution is 2.42. The molecule has 0 spiro atoms. The van der Waals surface area contributed by atoms with Crippen molar-refractivity contribution in [3.63, 3.8) is 0 Å². The molecular weight excluding hydrogens is 338 g/mol. The summed E-state index contributed by atoms with van der Waals surface area (Å²) in [5.41, 5.74) is 0.0306. The second-order valence-electron chi connectivity index (χ2n) is 8.40. The predicted molar refractivity (Wildman–Crippen MR) is 105 cm³/mol. The molecule has 1 aliphatic carbocycles. The largest absolute Gasteiger partial charge is 0.378 e. The lowest BCUT2D eigenvalue weighted by molar-refractivity contribution is -0.113. The smallest absolute Gasteiger partial charge is 0.191 e. The van der Waals surface area contributed by atoms with Gasteiger partial charge in [-0.25, -0.2) is 8.42 Å². The summed E-state index contributed by atoms with van der Waals surface area (Å²) in [7, 11) is -1.43. The van der Waals surface area contributed by atoms with Gasteiger partial charge < -0.3 is 15.4 Å². The minimum Gasteiger partial charge on any atom is -0.378 e. The highest BCUT2D eigenvalue weighted by atomic mass is 32.2. The normalized spacial score (nSPS) is 23.9. The second-order valence-corrected chi connectivity index (χ2v) is 11.3. The molecule has 1 aliphatic rings. The van der Waals surface area contributed by atoms with E-state index in [-0.39, 0.29) is 23.3 Å². The van der Waals surface area contributed by atoms with Crippen LogP contribution in [0.25, 0.3) is 0 Å². The second kappa shape index (κ2) is 8.71. The first-order valence-electron chi connectivity index (χ1n) is 9.26. The molecule has 0 bridgehead atoms. The van der Waals surface area contributed by atoms with Gasteiger partial charge in [0, 0.05) is 31.7 Å². The quantitative estimate of drug-likeness (QED) is 0.387. The highest BCUT2D eigenvalue weighted by Gasteiger charge is 2.49. The van der Waals surface area contributed by atoms with Crippen LogP contribution in [0.2, 0.25) is 0 Å². The molecule has 25 heavy (non-hydrogen) atoms. The Morgan fingerprint density at radius 3 is 2.44 bits per heavy atom. The molecule has 0 aromatic rings. The van der Waals surface area contributed by atoms with Gasteiger partial charge in [0.05, 0.1) is 16.6 Å². The summed E-state index contributed by atoms with van der Waals surface area (Å²) < 4.78 is 29.6.